The molecule has 0 atom stereocenters. The summed E-state index contributed by atoms with van der Waals surface area (Å²) in [5, 5.41) is 6.06. The lowest BCUT2D eigenvalue weighted by atomic mass is 10.0. The highest BCUT2D eigenvalue weighted by Gasteiger charge is 2.24. The number of pyridine rings is 1. The highest BCUT2D eigenvalue weighted by atomic mass is 32.1. The van der Waals surface area contributed by atoms with Crippen molar-refractivity contribution in [3.8, 4) is 22.4 Å². The fourth-order valence-corrected chi connectivity index (χ4v) is 5.17. The van der Waals surface area contributed by atoms with Gasteiger partial charge in [0.15, 0.2) is 0 Å². The number of hydrogen-bond donors (Lipinski definition) is 1. The Morgan fingerprint density at radius 1 is 0.917 bits per heavy atom. The first-order valence-corrected chi connectivity index (χ1v) is 12.6. The summed E-state index contributed by atoms with van der Waals surface area (Å²) in [6, 6.07) is 27.0. The summed E-state index contributed by atoms with van der Waals surface area (Å²) in [5.41, 5.74) is 5.95. The largest absolute Gasteiger partial charge is 0.462 e. The van der Waals surface area contributed by atoms with Gasteiger partial charge in [-0.25, -0.2) is 9.78 Å². The lowest BCUT2D eigenvalue weighted by Gasteiger charge is -2.12. The highest BCUT2D eigenvalue weighted by molar-refractivity contribution is 7.15. The minimum absolute atomic E-state index is 0.241. The number of amides is 1. The number of hydrogen-bond acceptors (Lipinski definition) is 5. The van der Waals surface area contributed by atoms with E-state index < -0.39 is 5.97 Å². The van der Waals surface area contributed by atoms with Crippen molar-refractivity contribution in [3.05, 3.63) is 107 Å². The van der Waals surface area contributed by atoms with E-state index in [9.17, 15) is 9.59 Å². The lowest BCUT2D eigenvalue weighted by molar-refractivity contribution is 0.0529. The molecule has 36 heavy (non-hydrogen) atoms. The lowest BCUT2D eigenvalue weighted by Crippen LogP contribution is -2.15. The predicted octanol–water partition coefficient (Wildman–Crippen LogP) is 7.37. The van der Waals surface area contributed by atoms with E-state index in [2.05, 4.69) is 5.32 Å². The standard InChI is InChI=1S/C30H24N2O3S/c1-3-35-30(34)27-24(20-12-5-4-6-13-20)18-36-29(27)32-28(33)23-17-26(21-14-8-7-11-19(21)2)31-25-16-10-9-15-22(23)25/h4-18H,3H2,1-2H3,(H,32,33). The van der Waals surface area contributed by atoms with Crippen LogP contribution >= 0.6 is 11.3 Å². The Hall–Kier alpha value is -4.29. The van der Waals surface area contributed by atoms with Crippen LogP contribution in [-0.2, 0) is 4.74 Å². The van der Waals surface area contributed by atoms with Crippen molar-refractivity contribution in [3.63, 3.8) is 0 Å². The third kappa shape index (κ3) is 4.51. The van der Waals surface area contributed by atoms with Crippen LogP contribution in [0.1, 0.15) is 33.2 Å². The number of aromatic nitrogens is 1. The first-order chi connectivity index (χ1) is 17.6. The number of ether oxygens (including phenoxy) is 1. The summed E-state index contributed by atoms with van der Waals surface area (Å²) in [6.45, 7) is 4.03. The SMILES string of the molecule is CCOC(=O)c1c(-c2ccccc2)csc1NC(=O)c1cc(-c2ccccc2C)nc2ccccc12. The third-order valence-corrected chi connectivity index (χ3v) is 6.86. The van der Waals surface area contributed by atoms with Gasteiger partial charge in [0.2, 0.25) is 0 Å². The minimum Gasteiger partial charge on any atom is -0.462 e. The summed E-state index contributed by atoms with van der Waals surface area (Å²) in [4.78, 5) is 31.5. The number of nitrogens with zero attached hydrogens (tertiary/aromatic N) is 1. The van der Waals surface area contributed by atoms with Crippen molar-refractivity contribution in [1.82, 2.24) is 4.98 Å². The zero-order valence-corrected chi connectivity index (χ0v) is 20.8. The number of anilines is 1. The molecule has 2 heterocycles. The molecule has 5 aromatic rings. The molecule has 0 bridgehead atoms. The second kappa shape index (κ2) is 10.1. The van der Waals surface area contributed by atoms with Gasteiger partial charge in [0.1, 0.15) is 10.6 Å². The van der Waals surface area contributed by atoms with Crippen LogP contribution in [0.15, 0.2) is 90.3 Å². The Balaban J connectivity index is 1.59. The molecule has 6 heteroatoms. The van der Waals surface area contributed by atoms with Crippen molar-refractivity contribution in [1.29, 1.82) is 0 Å². The number of nitrogens with one attached hydrogen (secondary N) is 1. The van der Waals surface area contributed by atoms with Crippen LogP contribution in [-0.4, -0.2) is 23.5 Å². The topological polar surface area (TPSA) is 68.3 Å². The maximum absolute atomic E-state index is 13.7. The Kier molecular flexibility index (Phi) is 6.60. The van der Waals surface area contributed by atoms with Crippen LogP contribution in [0.5, 0.6) is 0 Å². The first-order valence-electron chi connectivity index (χ1n) is 11.7. The van der Waals surface area contributed by atoms with Crippen LogP contribution in [0.4, 0.5) is 5.00 Å². The van der Waals surface area contributed by atoms with E-state index in [0.717, 1.165) is 38.9 Å². The molecule has 0 radical (unpaired) electrons. The van der Waals surface area contributed by atoms with Gasteiger partial charge < -0.3 is 10.1 Å². The Morgan fingerprint density at radius 2 is 1.64 bits per heavy atom. The first kappa shape index (κ1) is 23.5. The second-order valence-electron chi connectivity index (χ2n) is 8.28. The van der Waals surface area contributed by atoms with Crippen LogP contribution in [0.25, 0.3) is 33.3 Å². The molecule has 1 amide bonds. The van der Waals surface area contributed by atoms with E-state index in [0.29, 0.717) is 16.1 Å². The van der Waals surface area contributed by atoms with E-state index >= 15 is 0 Å². The fourth-order valence-electron chi connectivity index (χ4n) is 4.22. The molecule has 178 valence electrons. The smallest absolute Gasteiger partial charge is 0.341 e. The molecule has 0 spiro atoms. The normalized spacial score (nSPS) is 10.8. The summed E-state index contributed by atoms with van der Waals surface area (Å²) >= 11 is 1.31. The molecule has 5 nitrogen and oxygen atoms in total. The van der Waals surface area contributed by atoms with Crippen LogP contribution in [0, 0.1) is 6.92 Å². The summed E-state index contributed by atoms with van der Waals surface area (Å²) in [7, 11) is 0. The highest BCUT2D eigenvalue weighted by Crippen LogP contribution is 2.37. The van der Waals surface area contributed by atoms with Crippen molar-refractivity contribution >= 4 is 39.1 Å². The number of fused-ring (bicyclic) bond motifs is 1. The fraction of sp³-hybridized carbons (Fsp3) is 0.100. The molecule has 0 fully saturated rings. The van der Waals surface area contributed by atoms with Crippen LogP contribution in [0.3, 0.4) is 0 Å². The number of rotatable bonds is 6. The van der Waals surface area contributed by atoms with Gasteiger partial charge in [-0.05, 0) is 37.1 Å². The molecule has 5 rings (SSSR count). The van der Waals surface area contributed by atoms with Crippen molar-refractivity contribution in [2.45, 2.75) is 13.8 Å². The second-order valence-corrected chi connectivity index (χ2v) is 9.16. The third-order valence-electron chi connectivity index (χ3n) is 5.96. The van der Waals surface area contributed by atoms with Gasteiger partial charge in [0.05, 0.1) is 23.4 Å². The van der Waals surface area contributed by atoms with Gasteiger partial charge in [-0.1, -0.05) is 72.8 Å². The number of benzene rings is 3. The van der Waals surface area contributed by atoms with Crippen LogP contribution < -0.4 is 5.32 Å². The number of carbonyl (C=O) groups excluding carboxylic acids is 2. The monoisotopic (exact) mass is 492 g/mol. The predicted molar refractivity (Wildman–Crippen MR) is 146 cm³/mol. The molecule has 0 aliphatic heterocycles. The van der Waals surface area contributed by atoms with E-state index in [1.165, 1.54) is 11.3 Å². The molecule has 0 aliphatic rings. The Labute approximate surface area is 213 Å². The molecule has 0 saturated heterocycles. The van der Waals surface area contributed by atoms with Crippen molar-refractivity contribution in [2.75, 3.05) is 11.9 Å². The summed E-state index contributed by atoms with van der Waals surface area (Å²) in [5.74, 6) is -0.775. The van der Waals surface area contributed by atoms with Gasteiger partial charge in [-0.3, -0.25) is 4.79 Å². The van der Waals surface area contributed by atoms with Gasteiger partial charge in [0, 0.05) is 21.9 Å². The number of thiophene rings is 1. The van der Waals surface area contributed by atoms with E-state index in [4.69, 9.17) is 9.72 Å². The van der Waals surface area contributed by atoms with E-state index in [-0.39, 0.29) is 12.5 Å². The average molecular weight is 493 g/mol. The quantitative estimate of drug-likeness (QED) is 0.251. The number of aryl methyl sites for hydroxylation is 1. The molecule has 0 unspecified atom stereocenters. The molecule has 1 N–H and O–H groups in total. The van der Waals surface area contributed by atoms with Gasteiger partial charge >= 0.3 is 5.97 Å². The molecule has 0 saturated carbocycles. The van der Waals surface area contributed by atoms with Gasteiger partial charge in [-0.2, -0.15) is 0 Å². The van der Waals surface area contributed by atoms with Gasteiger partial charge in [0.25, 0.3) is 5.91 Å². The Bertz CT molecular complexity index is 1570. The summed E-state index contributed by atoms with van der Waals surface area (Å²) in [6.07, 6.45) is 0. The maximum atomic E-state index is 13.7. The van der Waals surface area contributed by atoms with Crippen molar-refractivity contribution < 1.29 is 14.3 Å². The summed E-state index contributed by atoms with van der Waals surface area (Å²) < 4.78 is 5.34. The van der Waals surface area contributed by atoms with E-state index in [1.807, 2.05) is 97.2 Å². The Morgan fingerprint density at radius 3 is 2.42 bits per heavy atom. The zero-order valence-electron chi connectivity index (χ0n) is 19.9. The number of carbonyl (C=O) groups is 2. The van der Waals surface area contributed by atoms with Crippen LogP contribution in [0.2, 0.25) is 0 Å². The number of esters is 1. The molecule has 3 aromatic carbocycles. The maximum Gasteiger partial charge on any atom is 0.341 e. The van der Waals surface area contributed by atoms with Gasteiger partial charge in [-0.15, -0.1) is 11.3 Å². The van der Waals surface area contributed by atoms with Crippen molar-refractivity contribution in [2.24, 2.45) is 0 Å². The average Bonchev–Trinajstić information content (AvgIpc) is 3.32. The molecule has 0 aliphatic carbocycles. The number of para-hydroxylation sites is 1. The molecular formula is C30H24N2O3S. The molecular weight excluding hydrogens is 468 g/mol. The minimum atomic E-state index is -0.465. The molecule has 2 aromatic heterocycles. The zero-order chi connectivity index (χ0) is 25.1. The van der Waals surface area contributed by atoms with E-state index in [1.54, 1.807) is 6.92 Å².